The van der Waals surface area contributed by atoms with E-state index in [-0.39, 0.29) is 5.91 Å². The van der Waals surface area contributed by atoms with E-state index in [1.165, 1.54) is 0 Å². The van der Waals surface area contributed by atoms with Gasteiger partial charge in [0.2, 0.25) is 5.91 Å². The van der Waals surface area contributed by atoms with Crippen molar-refractivity contribution in [3.63, 3.8) is 0 Å². The first-order chi connectivity index (χ1) is 10.3. The highest BCUT2D eigenvalue weighted by atomic mass is 16.1. The summed E-state index contributed by atoms with van der Waals surface area (Å²) in [4.78, 5) is 23.3. The number of aryl methyl sites for hydroxylation is 1. The third-order valence-corrected chi connectivity index (χ3v) is 3.35. The van der Waals surface area contributed by atoms with Crippen molar-refractivity contribution in [1.29, 1.82) is 0 Å². The summed E-state index contributed by atoms with van der Waals surface area (Å²) in [5, 5.41) is 2.90. The van der Waals surface area contributed by atoms with Gasteiger partial charge in [-0.25, -0.2) is 9.97 Å². The predicted octanol–water partition coefficient (Wildman–Crippen LogP) is 1.51. The molecule has 108 valence electrons. The van der Waals surface area contributed by atoms with E-state index in [4.69, 9.17) is 0 Å². The van der Waals surface area contributed by atoms with Gasteiger partial charge in [-0.2, -0.15) is 0 Å². The fourth-order valence-corrected chi connectivity index (χ4v) is 2.25. The number of nitrogens with one attached hydrogen (secondary N) is 2. The Kier molecular flexibility index (Phi) is 3.95. The molecule has 0 fully saturated rings. The molecular weight excluding hydrogens is 266 g/mol. The standard InChI is InChI=1S/C15H17N5O/c21-15(18-7-5-14-16-8-9-17-14)6-10-20-11-19-12-3-1-2-4-13(12)20/h1-4,8-9,11H,5-7,10H2,(H,16,17)(H,18,21). The van der Waals surface area contributed by atoms with E-state index in [9.17, 15) is 4.79 Å². The lowest BCUT2D eigenvalue weighted by Gasteiger charge is -2.06. The second-order valence-electron chi connectivity index (χ2n) is 4.81. The monoisotopic (exact) mass is 283 g/mol. The van der Waals surface area contributed by atoms with Crippen LogP contribution in [0.25, 0.3) is 11.0 Å². The van der Waals surface area contributed by atoms with Crippen LogP contribution in [-0.4, -0.2) is 32.0 Å². The molecule has 1 aromatic carbocycles. The molecule has 0 saturated carbocycles. The molecule has 0 aliphatic rings. The molecule has 0 atom stereocenters. The molecule has 0 radical (unpaired) electrons. The van der Waals surface area contributed by atoms with Gasteiger partial charge in [0.05, 0.1) is 17.4 Å². The molecule has 3 aromatic rings. The molecule has 0 spiro atoms. The van der Waals surface area contributed by atoms with Crippen molar-refractivity contribution in [1.82, 2.24) is 24.8 Å². The zero-order chi connectivity index (χ0) is 14.5. The van der Waals surface area contributed by atoms with E-state index in [2.05, 4.69) is 20.3 Å². The summed E-state index contributed by atoms with van der Waals surface area (Å²) in [7, 11) is 0. The Morgan fingerprint density at radius 2 is 2.19 bits per heavy atom. The SMILES string of the molecule is O=C(CCn1cnc2ccccc21)NCCc1ncc[nH]1. The summed E-state index contributed by atoms with van der Waals surface area (Å²) in [6.07, 6.45) is 6.43. The number of H-pyrrole nitrogens is 1. The van der Waals surface area contributed by atoms with Crippen molar-refractivity contribution in [3.8, 4) is 0 Å². The Bertz CT molecular complexity index is 717. The summed E-state index contributed by atoms with van der Waals surface area (Å²) < 4.78 is 2.00. The molecule has 0 aliphatic heterocycles. The molecular formula is C15H17N5O. The van der Waals surface area contributed by atoms with Crippen LogP contribution in [-0.2, 0) is 17.8 Å². The fourth-order valence-electron chi connectivity index (χ4n) is 2.25. The van der Waals surface area contributed by atoms with Gasteiger partial charge in [0.1, 0.15) is 5.82 Å². The molecule has 2 heterocycles. The van der Waals surface area contributed by atoms with Gasteiger partial charge in [-0.1, -0.05) is 12.1 Å². The minimum absolute atomic E-state index is 0.0411. The van der Waals surface area contributed by atoms with Gasteiger partial charge in [0.25, 0.3) is 0 Å². The van der Waals surface area contributed by atoms with Gasteiger partial charge in [-0.15, -0.1) is 0 Å². The van der Waals surface area contributed by atoms with Gasteiger partial charge in [-0.3, -0.25) is 4.79 Å². The lowest BCUT2D eigenvalue weighted by atomic mass is 10.3. The van der Waals surface area contributed by atoms with Crippen LogP contribution in [0.3, 0.4) is 0 Å². The zero-order valence-electron chi connectivity index (χ0n) is 11.6. The largest absolute Gasteiger partial charge is 0.356 e. The number of imidazole rings is 2. The summed E-state index contributed by atoms with van der Waals surface area (Å²) in [5.41, 5.74) is 2.01. The molecule has 0 aliphatic carbocycles. The Balaban J connectivity index is 1.47. The number of carbonyl (C=O) groups is 1. The number of hydrogen-bond donors (Lipinski definition) is 2. The number of carbonyl (C=O) groups excluding carboxylic acids is 1. The molecule has 0 saturated heterocycles. The number of fused-ring (bicyclic) bond motifs is 1. The molecule has 2 aromatic heterocycles. The molecule has 0 bridgehead atoms. The molecule has 3 rings (SSSR count). The van der Waals surface area contributed by atoms with Gasteiger partial charge in [-0.05, 0) is 12.1 Å². The summed E-state index contributed by atoms with van der Waals surface area (Å²) in [6, 6.07) is 7.91. The third-order valence-electron chi connectivity index (χ3n) is 3.35. The van der Waals surface area contributed by atoms with E-state index in [1.54, 1.807) is 18.7 Å². The van der Waals surface area contributed by atoms with Gasteiger partial charge in [0, 0.05) is 38.3 Å². The van der Waals surface area contributed by atoms with Crippen molar-refractivity contribution >= 4 is 16.9 Å². The van der Waals surface area contributed by atoms with Crippen molar-refractivity contribution < 1.29 is 4.79 Å². The molecule has 0 unspecified atom stereocenters. The normalized spacial score (nSPS) is 10.9. The molecule has 6 nitrogen and oxygen atoms in total. The number of benzene rings is 1. The second kappa shape index (κ2) is 6.21. The molecule has 21 heavy (non-hydrogen) atoms. The van der Waals surface area contributed by atoms with Crippen molar-refractivity contribution in [2.75, 3.05) is 6.54 Å². The highest BCUT2D eigenvalue weighted by molar-refractivity contribution is 5.77. The third kappa shape index (κ3) is 3.28. The van der Waals surface area contributed by atoms with Gasteiger partial charge in [0.15, 0.2) is 0 Å². The quantitative estimate of drug-likeness (QED) is 0.720. The zero-order valence-corrected chi connectivity index (χ0v) is 11.6. The van der Waals surface area contributed by atoms with Gasteiger partial charge < -0.3 is 14.9 Å². The highest BCUT2D eigenvalue weighted by Crippen LogP contribution is 2.11. The lowest BCUT2D eigenvalue weighted by Crippen LogP contribution is -2.26. The van der Waals surface area contributed by atoms with Crippen molar-refractivity contribution in [2.24, 2.45) is 0 Å². The van der Waals surface area contributed by atoms with E-state index in [0.29, 0.717) is 25.9 Å². The molecule has 6 heteroatoms. The minimum atomic E-state index is 0.0411. The Morgan fingerprint density at radius 1 is 1.29 bits per heavy atom. The fraction of sp³-hybridized carbons (Fsp3) is 0.267. The van der Waals surface area contributed by atoms with Crippen LogP contribution >= 0.6 is 0 Å². The van der Waals surface area contributed by atoms with Crippen LogP contribution in [0, 0.1) is 0 Å². The van der Waals surface area contributed by atoms with Crippen LogP contribution in [0.1, 0.15) is 12.2 Å². The smallest absolute Gasteiger partial charge is 0.221 e. The second-order valence-corrected chi connectivity index (χ2v) is 4.81. The Hall–Kier alpha value is -2.63. The number of aromatic nitrogens is 4. The van der Waals surface area contributed by atoms with Crippen molar-refractivity contribution in [2.45, 2.75) is 19.4 Å². The number of hydrogen-bond acceptors (Lipinski definition) is 3. The first kappa shape index (κ1) is 13.4. The van der Waals surface area contributed by atoms with Crippen LogP contribution < -0.4 is 5.32 Å². The van der Waals surface area contributed by atoms with E-state index >= 15 is 0 Å². The number of para-hydroxylation sites is 2. The molecule has 2 N–H and O–H groups in total. The predicted molar refractivity (Wildman–Crippen MR) is 79.7 cm³/mol. The summed E-state index contributed by atoms with van der Waals surface area (Å²) >= 11 is 0. The summed E-state index contributed by atoms with van der Waals surface area (Å²) in [5.74, 6) is 0.926. The van der Waals surface area contributed by atoms with Crippen LogP contribution in [0.15, 0.2) is 43.0 Å². The van der Waals surface area contributed by atoms with E-state index in [0.717, 1.165) is 16.9 Å². The average molecular weight is 283 g/mol. The Morgan fingerprint density at radius 3 is 3.05 bits per heavy atom. The average Bonchev–Trinajstić information content (AvgIpc) is 3.14. The Labute approximate surface area is 122 Å². The maximum Gasteiger partial charge on any atom is 0.221 e. The number of aromatic amines is 1. The van der Waals surface area contributed by atoms with Crippen LogP contribution in [0.2, 0.25) is 0 Å². The summed E-state index contributed by atoms with van der Waals surface area (Å²) in [6.45, 7) is 1.23. The van der Waals surface area contributed by atoms with Crippen LogP contribution in [0.4, 0.5) is 0 Å². The first-order valence-corrected chi connectivity index (χ1v) is 6.98. The van der Waals surface area contributed by atoms with Crippen LogP contribution in [0.5, 0.6) is 0 Å². The maximum absolute atomic E-state index is 11.8. The number of rotatable bonds is 6. The van der Waals surface area contributed by atoms with Crippen molar-refractivity contribution in [3.05, 3.63) is 48.8 Å². The number of nitrogens with zero attached hydrogens (tertiary/aromatic N) is 3. The number of amides is 1. The first-order valence-electron chi connectivity index (χ1n) is 6.98. The highest BCUT2D eigenvalue weighted by Gasteiger charge is 2.05. The van der Waals surface area contributed by atoms with E-state index in [1.807, 2.05) is 28.8 Å². The van der Waals surface area contributed by atoms with Gasteiger partial charge >= 0.3 is 0 Å². The lowest BCUT2D eigenvalue weighted by molar-refractivity contribution is -0.121. The topological polar surface area (TPSA) is 75.6 Å². The maximum atomic E-state index is 11.8. The van der Waals surface area contributed by atoms with E-state index < -0.39 is 0 Å². The molecule has 1 amide bonds. The minimum Gasteiger partial charge on any atom is -0.356 e.